The van der Waals surface area contributed by atoms with E-state index in [1.165, 1.54) is 0 Å². The van der Waals surface area contributed by atoms with Crippen LogP contribution in [0, 0.1) is 0 Å². The van der Waals surface area contributed by atoms with Crippen molar-refractivity contribution in [2.75, 3.05) is 26.9 Å². The van der Waals surface area contributed by atoms with Crippen LogP contribution in [0.25, 0.3) is 0 Å². The molecule has 130 valence electrons. The number of aliphatic hydroxyl groups excluding tert-OH is 1. The largest absolute Gasteiger partial charge is 0.467 e. The molecular weight excluding hydrogens is 316 g/mol. The minimum Gasteiger partial charge on any atom is -0.467 e. The van der Waals surface area contributed by atoms with Crippen LogP contribution >= 0.6 is 0 Å². The monoisotopic (exact) mass is 337 g/mol. The van der Waals surface area contributed by atoms with Crippen LogP contribution in [0.5, 0.6) is 0 Å². The Kier molecular flexibility index (Phi) is 8.64. The van der Waals surface area contributed by atoms with Gasteiger partial charge in [0, 0.05) is 0 Å². The molecule has 0 fully saturated rings. The average Bonchev–Trinajstić information content (AvgIpc) is 2.57. The zero-order chi connectivity index (χ0) is 20.3. The Balaban J connectivity index is 5.65. The normalized spacial score (nSPS) is 17.6. The third kappa shape index (κ3) is 7.19. The predicted molar refractivity (Wildman–Crippen MR) is 71.5 cm³/mol. The first-order valence-corrected chi connectivity index (χ1v) is 6.18. The molecule has 0 bridgehead atoms. The fourth-order valence-corrected chi connectivity index (χ4v) is 1.60. The number of carbonyl (C=O) groups excluding carboxylic acids is 5. The molecule has 0 heterocycles. The van der Waals surface area contributed by atoms with Gasteiger partial charge >= 0.3 is 5.97 Å². The second-order valence-electron chi connectivity index (χ2n) is 3.86. The maximum atomic E-state index is 11.6. The van der Waals surface area contributed by atoms with E-state index in [-0.39, 0.29) is 6.29 Å². The molecule has 1 N–H and O–H groups in total. The van der Waals surface area contributed by atoms with Gasteiger partial charge in [-0.3, -0.25) is 0 Å². The molecule has 0 aliphatic carbocycles. The number of hydrogen-bond donors (Lipinski definition) is 1. The minimum absolute atomic E-state index is 0.0882. The third-order valence-electron chi connectivity index (χ3n) is 2.54. The highest BCUT2D eigenvalue weighted by Gasteiger charge is 2.40. The van der Waals surface area contributed by atoms with Crippen molar-refractivity contribution in [3.8, 4) is 0 Å². The highest BCUT2D eigenvalue weighted by atomic mass is 16.6. The van der Waals surface area contributed by atoms with Crippen LogP contribution in [0.3, 0.4) is 0 Å². The average molecular weight is 337 g/mol. The molecule has 0 radical (unpaired) electrons. The van der Waals surface area contributed by atoms with Gasteiger partial charge in [0.15, 0.2) is 12.4 Å². The van der Waals surface area contributed by atoms with Crippen molar-refractivity contribution in [3.63, 3.8) is 0 Å². The van der Waals surface area contributed by atoms with Crippen LogP contribution in [-0.4, -0.2) is 87.5 Å². The minimum atomic E-state index is -2.12. The summed E-state index contributed by atoms with van der Waals surface area (Å²) in [6.45, 7) is -2.69. The van der Waals surface area contributed by atoms with E-state index in [1.54, 1.807) is 0 Å². The molecule has 0 aromatic carbocycles. The number of rotatable bonds is 14. The van der Waals surface area contributed by atoms with E-state index in [2.05, 4.69) is 4.74 Å². The lowest BCUT2D eigenvalue weighted by molar-refractivity contribution is -0.185. The third-order valence-corrected chi connectivity index (χ3v) is 2.54. The first kappa shape index (κ1) is 15.9. The SMILES string of the molecule is [2H]C(=O)CO[C@@H]([C@H](OCC([2H])=O)[C@H](O)C(=O)OC)[C@H](C=O)OCC([2H])=O. The summed E-state index contributed by atoms with van der Waals surface area (Å²) >= 11 is 0. The molecule has 0 saturated carbocycles. The van der Waals surface area contributed by atoms with E-state index >= 15 is 0 Å². The lowest BCUT2D eigenvalue weighted by Crippen LogP contribution is -2.52. The highest BCUT2D eigenvalue weighted by Crippen LogP contribution is 2.16. The summed E-state index contributed by atoms with van der Waals surface area (Å²) in [5, 5.41) is 9.99. The van der Waals surface area contributed by atoms with E-state index in [1.807, 2.05) is 0 Å². The van der Waals surface area contributed by atoms with Crippen LogP contribution in [0.4, 0.5) is 0 Å². The molecule has 0 aromatic rings. The quantitative estimate of drug-likeness (QED) is 0.266. The molecule has 0 aromatic heterocycles. The van der Waals surface area contributed by atoms with Crippen molar-refractivity contribution in [2.24, 2.45) is 0 Å². The van der Waals surface area contributed by atoms with Crippen molar-refractivity contribution in [1.82, 2.24) is 0 Å². The number of esters is 1. The topological polar surface area (TPSA) is 143 Å². The summed E-state index contributed by atoms with van der Waals surface area (Å²) in [6.07, 6.45) is -11.0. The lowest BCUT2D eigenvalue weighted by atomic mass is 10.0. The number of ether oxygens (including phenoxy) is 4. The number of aliphatic hydroxyl groups is 1. The molecule has 0 aliphatic heterocycles. The summed E-state index contributed by atoms with van der Waals surface area (Å²) in [7, 11) is 0.925. The van der Waals surface area contributed by atoms with Crippen molar-refractivity contribution in [2.45, 2.75) is 24.4 Å². The van der Waals surface area contributed by atoms with Gasteiger partial charge in [0.05, 0.1) is 7.11 Å². The van der Waals surface area contributed by atoms with Gasteiger partial charge in [0.1, 0.15) is 61.0 Å². The Labute approximate surface area is 135 Å². The van der Waals surface area contributed by atoms with Gasteiger partial charge in [-0.1, -0.05) is 0 Å². The lowest BCUT2D eigenvalue weighted by Gasteiger charge is -2.31. The molecule has 0 unspecified atom stereocenters. The molecule has 10 heteroatoms. The Morgan fingerprint density at radius 3 is 1.91 bits per heavy atom. The molecule has 4 atom stereocenters. The van der Waals surface area contributed by atoms with Gasteiger partial charge in [-0.2, -0.15) is 0 Å². The molecule has 0 rings (SSSR count). The highest BCUT2D eigenvalue weighted by molar-refractivity contribution is 5.75. The van der Waals surface area contributed by atoms with Crippen LogP contribution in [0.2, 0.25) is 0 Å². The van der Waals surface area contributed by atoms with Crippen LogP contribution < -0.4 is 0 Å². The number of hydrogen-bond acceptors (Lipinski definition) is 10. The Bertz CT molecular complexity index is 526. The van der Waals surface area contributed by atoms with E-state index in [4.69, 9.17) is 18.3 Å². The van der Waals surface area contributed by atoms with Crippen molar-refractivity contribution < 1.29 is 52.1 Å². The number of carbonyl (C=O) groups is 5. The molecule has 0 saturated heterocycles. The fourth-order valence-electron chi connectivity index (χ4n) is 1.60. The van der Waals surface area contributed by atoms with Gasteiger partial charge in [-0.15, -0.1) is 0 Å². The van der Waals surface area contributed by atoms with E-state index in [0.717, 1.165) is 7.11 Å². The Morgan fingerprint density at radius 1 is 1.00 bits per heavy atom. The number of methoxy groups -OCH3 is 1. The van der Waals surface area contributed by atoms with Crippen LogP contribution in [0.1, 0.15) is 4.11 Å². The van der Waals surface area contributed by atoms with Gasteiger partial charge in [-0.25, -0.2) is 4.79 Å². The number of aldehydes is 4. The van der Waals surface area contributed by atoms with E-state index < -0.39 is 69.0 Å². The van der Waals surface area contributed by atoms with Gasteiger partial charge in [0.25, 0.3) is 0 Å². The summed E-state index contributed by atoms with van der Waals surface area (Å²) in [5.41, 5.74) is 0. The molecule has 0 aliphatic rings. The van der Waals surface area contributed by atoms with Crippen LogP contribution in [-0.2, 0) is 42.9 Å². The molecule has 23 heavy (non-hydrogen) atoms. The second-order valence-corrected chi connectivity index (χ2v) is 3.86. The van der Waals surface area contributed by atoms with Crippen molar-refractivity contribution >= 4 is 31.0 Å². The molecular formula is C13H18O10. The fraction of sp³-hybridized carbons (Fsp3) is 0.615. The first-order chi connectivity index (χ1) is 12.1. The summed E-state index contributed by atoms with van der Waals surface area (Å²) in [5.74, 6) is -1.25. The van der Waals surface area contributed by atoms with Gasteiger partial charge < -0.3 is 43.2 Å². The van der Waals surface area contributed by atoms with E-state index in [9.17, 15) is 29.1 Å². The summed E-state index contributed by atoms with van der Waals surface area (Å²) in [4.78, 5) is 55.1. The first-order valence-electron chi connectivity index (χ1n) is 7.68. The van der Waals surface area contributed by atoms with Crippen LogP contribution in [0.15, 0.2) is 0 Å². The van der Waals surface area contributed by atoms with Crippen molar-refractivity contribution in [3.05, 3.63) is 0 Å². The van der Waals surface area contributed by atoms with Gasteiger partial charge in [-0.05, 0) is 0 Å². The zero-order valence-corrected chi connectivity index (χ0v) is 12.1. The molecule has 10 nitrogen and oxygen atoms in total. The predicted octanol–water partition coefficient (Wildman–Crippen LogP) is -2.53. The summed E-state index contributed by atoms with van der Waals surface area (Å²) < 4.78 is 39.4. The smallest absolute Gasteiger partial charge is 0.337 e. The molecule has 0 spiro atoms. The Morgan fingerprint density at radius 2 is 1.48 bits per heavy atom. The van der Waals surface area contributed by atoms with Crippen molar-refractivity contribution in [1.29, 1.82) is 0 Å². The summed E-state index contributed by atoms with van der Waals surface area (Å²) in [6, 6.07) is 0. The van der Waals surface area contributed by atoms with Gasteiger partial charge in [0.2, 0.25) is 0 Å². The Hall–Kier alpha value is -2.01. The second kappa shape index (κ2) is 12.5. The maximum Gasteiger partial charge on any atom is 0.337 e. The standard InChI is InChI=1S/C13H18O10/c1-20-13(19)10(18)12(23-7-4-16)11(22-6-3-15)9(8-17)21-5-2-14/h2-4,8-12,18H,5-7H2,1H3/t9-,10-,11+,12+/m0/s1/i2D,3D,4D. The molecule has 0 amide bonds. The van der Waals surface area contributed by atoms with E-state index in [0.29, 0.717) is 0 Å². The maximum absolute atomic E-state index is 11.6. The zero-order valence-electron chi connectivity index (χ0n) is 15.1.